The van der Waals surface area contributed by atoms with Crippen molar-refractivity contribution in [3.63, 3.8) is 0 Å². The summed E-state index contributed by atoms with van der Waals surface area (Å²) in [5, 5.41) is 18.1. The number of hydrogen-bond donors (Lipinski definition) is 1. The van der Waals surface area contributed by atoms with Gasteiger partial charge in [0.1, 0.15) is 5.69 Å². The largest absolute Gasteiger partial charge is 0.462 e. The minimum Gasteiger partial charge on any atom is -0.462 e. The summed E-state index contributed by atoms with van der Waals surface area (Å²) in [6.45, 7) is 1.99. The monoisotopic (exact) mass is 439 g/mol. The van der Waals surface area contributed by atoms with E-state index in [9.17, 15) is 9.59 Å². The molecular weight excluding hydrogens is 422 g/mol. The van der Waals surface area contributed by atoms with E-state index in [2.05, 4.69) is 20.6 Å². The number of benzene rings is 1. The van der Waals surface area contributed by atoms with Gasteiger partial charge < -0.3 is 10.1 Å². The van der Waals surface area contributed by atoms with Gasteiger partial charge in [0.2, 0.25) is 11.1 Å². The summed E-state index contributed by atoms with van der Waals surface area (Å²) in [4.78, 5) is 25.6. The highest BCUT2D eigenvalue weighted by Gasteiger charge is 2.16. The quantitative estimate of drug-likeness (QED) is 0.346. The van der Waals surface area contributed by atoms with E-state index in [1.165, 1.54) is 11.8 Å². The van der Waals surface area contributed by atoms with Crippen LogP contribution in [0, 0.1) is 0 Å². The van der Waals surface area contributed by atoms with Crippen LogP contribution in [0.2, 0.25) is 0 Å². The lowest BCUT2D eigenvalue weighted by Gasteiger charge is -2.10. The standard InChI is InChI=1S/C20H17N5O3S2/c1-2-28-19(27)13-6-3-4-7-14(13)21-18(26)12-30-20-23-22-17-10-9-15(24-25(17)20)16-8-5-11-29-16/h3-11H,2,12H2,1H3,(H,21,26). The van der Waals surface area contributed by atoms with E-state index in [0.29, 0.717) is 22.1 Å². The number of rotatable bonds is 7. The smallest absolute Gasteiger partial charge is 0.340 e. The highest BCUT2D eigenvalue weighted by Crippen LogP contribution is 2.24. The lowest BCUT2D eigenvalue weighted by Crippen LogP contribution is -2.17. The maximum Gasteiger partial charge on any atom is 0.340 e. The predicted molar refractivity (Wildman–Crippen MR) is 116 cm³/mol. The van der Waals surface area contributed by atoms with E-state index in [0.717, 1.165) is 10.6 Å². The molecule has 1 aromatic carbocycles. The Bertz CT molecular complexity index is 1190. The Morgan fingerprint density at radius 3 is 2.80 bits per heavy atom. The molecule has 0 spiro atoms. The number of amides is 1. The summed E-state index contributed by atoms with van der Waals surface area (Å²) in [5.41, 5.74) is 2.14. The van der Waals surface area contributed by atoms with Crippen LogP contribution >= 0.6 is 23.1 Å². The molecule has 1 amide bonds. The number of carbonyl (C=O) groups excluding carboxylic acids is 2. The van der Waals surface area contributed by atoms with Gasteiger partial charge in [-0.25, -0.2) is 4.79 Å². The third kappa shape index (κ3) is 4.34. The molecule has 0 aliphatic rings. The van der Waals surface area contributed by atoms with Gasteiger partial charge in [0.05, 0.1) is 28.5 Å². The van der Waals surface area contributed by atoms with Gasteiger partial charge >= 0.3 is 5.97 Å². The van der Waals surface area contributed by atoms with Crippen LogP contribution in [-0.4, -0.2) is 44.0 Å². The number of para-hydroxylation sites is 1. The number of nitrogens with zero attached hydrogens (tertiary/aromatic N) is 4. The molecule has 0 saturated carbocycles. The molecule has 0 atom stereocenters. The number of esters is 1. The number of thiophene rings is 1. The van der Waals surface area contributed by atoms with Gasteiger partial charge in [-0.3, -0.25) is 4.79 Å². The zero-order valence-corrected chi connectivity index (χ0v) is 17.6. The van der Waals surface area contributed by atoms with Crippen molar-refractivity contribution in [1.29, 1.82) is 0 Å². The molecule has 30 heavy (non-hydrogen) atoms. The first-order valence-corrected chi connectivity index (χ1v) is 11.0. The molecule has 3 heterocycles. The van der Waals surface area contributed by atoms with Crippen LogP contribution in [0.3, 0.4) is 0 Å². The van der Waals surface area contributed by atoms with Crippen LogP contribution in [0.5, 0.6) is 0 Å². The molecule has 0 saturated heterocycles. The summed E-state index contributed by atoms with van der Waals surface area (Å²) in [5.74, 6) is -0.666. The van der Waals surface area contributed by atoms with E-state index < -0.39 is 5.97 Å². The Labute approximate surface area is 180 Å². The summed E-state index contributed by atoms with van der Waals surface area (Å²) in [6.07, 6.45) is 0. The van der Waals surface area contributed by atoms with E-state index in [4.69, 9.17) is 4.74 Å². The van der Waals surface area contributed by atoms with Crippen LogP contribution in [-0.2, 0) is 9.53 Å². The summed E-state index contributed by atoms with van der Waals surface area (Å²) < 4.78 is 6.66. The van der Waals surface area contributed by atoms with E-state index in [1.807, 2.05) is 29.6 Å². The maximum absolute atomic E-state index is 12.5. The molecular formula is C20H17N5O3S2. The number of anilines is 1. The normalized spacial score (nSPS) is 10.8. The molecule has 8 nitrogen and oxygen atoms in total. The van der Waals surface area contributed by atoms with Crippen LogP contribution in [0.4, 0.5) is 5.69 Å². The lowest BCUT2D eigenvalue weighted by atomic mass is 10.2. The third-order valence-electron chi connectivity index (χ3n) is 4.04. The van der Waals surface area contributed by atoms with Gasteiger partial charge in [0.15, 0.2) is 5.65 Å². The van der Waals surface area contributed by atoms with Crippen molar-refractivity contribution >= 4 is 46.3 Å². The Kier molecular flexibility index (Phi) is 6.05. The molecule has 0 bridgehead atoms. The number of thioether (sulfide) groups is 1. The fourth-order valence-corrected chi connectivity index (χ4v) is 4.09. The average molecular weight is 440 g/mol. The van der Waals surface area contributed by atoms with Crippen molar-refractivity contribution in [2.75, 3.05) is 17.7 Å². The maximum atomic E-state index is 12.5. The second kappa shape index (κ2) is 9.06. The average Bonchev–Trinajstić information content (AvgIpc) is 3.42. The third-order valence-corrected chi connectivity index (χ3v) is 5.85. The molecule has 10 heteroatoms. The van der Waals surface area contributed by atoms with Gasteiger partial charge in [-0.2, -0.15) is 9.61 Å². The van der Waals surface area contributed by atoms with Crippen LogP contribution < -0.4 is 5.32 Å². The summed E-state index contributed by atoms with van der Waals surface area (Å²) >= 11 is 2.81. The molecule has 0 unspecified atom stereocenters. The number of nitrogens with one attached hydrogen (secondary N) is 1. The van der Waals surface area contributed by atoms with Crippen LogP contribution in [0.15, 0.2) is 59.1 Å². The number of carbonyl (C=O) groups is 2. The van der Waals surface area contributed by atoms with E-state index >= 15 is 0 Å². The van der Waals surface area contributed by atoms with E-state index in [1.54, 1.807) is 47.0 Å². The Hall–Kier alpha value is -3.24. The topological polar surface area (TPSA) is 98.5 Å². The number of ether oxygens (including phenoxy) is 1. The fraction of sp³-hybridized carbons (Fsp3) is 0.150. The van der Waals surface area contributed by atoms with Crippen molar-refractivity contribution in [3.05, 3.63) is 59.5 Å². The first kappa shape index (κ1) is 20.0. The minimum absolute atomic E-state index is 0.0862. The Morgan fingerprint density at radius 2 is 2.00 bits per heavy atom. The molecule has 0 aliphatic carbocycles. The highest BCUT2D eigenvalue weighted by molar-refractivity contribution is 7.99. The molecule has 0 fully saturated rings. The second-order valence-electron chi connectivity index (χ2n) is 6.05. The fourth-order valence-electron chi connectivity index (χ4n) is 2.71. The Balaban J connectivity index is 1.47. The van der Waals surface area contributed by atoms with Crippen molar-refractivity contribution < 1.29 is 14.3 Å². The first-order valence-electron chi connectivity index (χ1n) is 9.11. The summed E-state index contributed by atoms with van der Waals surface area (Å²) in [7, 11) is 0. The molecule has 152 valence electrons. The van der Waals surface area contributed by atoms with Crippen LogP contribution in [0.25, 0.3) is 16.2 Å². The highest BCUT2D eigenvalue weighted by atomic mass is 32.2. The van der Waals surface area contributed by atoms with Gasteiger partial charge in [-0.05, 0) is 42.6 Å². The molecule has 4 aromatic rings. The van der Waals surface area contributed by atoms with Crippen molar-refractivity contribution in [1.82, 2.24) is 19.8 Å². The number of fused-ring (bicyclic) bond motifs is 1. The first-order chi connectivity index (χ1) is 14.7. The number of aromatic nitrogens is 4. The van der Waals surface area contributed by atoms with Crippen LogP contribution in [0.1, 0.15) is 17.3 Å². The molecule has 4 rings (SSSR count). The van der Waals surface area contributed by atoms with Gasteiger partial charge in [0.25, 0.3) is 0 Å². The van der Waals surface area contributed by atoms with Crippen molar-refractivity contribution in [3.8, 4) is 10.6 Å². The molecule has 0 radical (unpaired) electrons. The zero-order chi connectivity index (χ0) is 20.9. The molecule has 3 aromatic heterocycles. The van der Waals surface area contributed by atoms with Gasteiger partial charge in [-0.1, -0.05) is 30.0 Å². The zero-order valence-electron chi connectivity index (χ0n) is 15.9. The minimum atomic E-state index is -0.477. The van der Waals surface area contributed by atoms with Crippen molar-refractivity contribution in [2.24, 2.45) is 0 Å². The van der Waals surface area contributed by atoms with Gasteiger partial charge in [0, 0.05) is 0 Å². The second-order valence-corrected chi connectivity index (χ2v) is 7.94. The van der Waals surface area contributed by atoms with Gasteiger partial charge in [-0.15, -0.1) is 21.5 Å². The number of hydrogen-bond acceptors (Lipinski definition) is 8. The Morgan fingerprint density at radius 1 is 1.13 bits per heavy atom. The molecule has 0 aliphatic heterocycles. The lowest BCUT2D eigenvalue weighted by molar-refractivity contribution is -0.113. The summed E-state index contributed by atoms with van der Waals surface area (Å²) in [6, 6.07) is 14.4. The van der Waals surface area contributed by atoms with Crippen molar-refractivity contribution in [2.45, 2.75) is 12.1 Å². The predicted octanol–water partition coefficient (Wildman–Crippen LogP) is 3.76. The van der Waals surface area contributed by atoms with E-state index in [-0.39, 0.29) is 18.3 Å². The molecule has 1 N–H and O–H groups in total. The SMILES string of the molecule is CCOC(=O)c1ccccc1NC(=O)CSc1nnc2ccc(-c3cccs3)nn12.